The molecular weight excluding hydrogens is 1470 g/mol. The van der Waals surface area contributed by atoms with Crippen molar-refractivity contribution in [2.45, 2.75) is 222 Å². The first kappa shape index (κ1) is 112. The van der Waals surface area contributed by atoms with Gasteiger partial charge in [0.2, 0.25) is 0 Å². The summed E-state index contributed by atoms with van der Waals surface area (Å²) in [6, 6.07) is 131. The van der Waals surface area contributed by atoms with Crippen LogP contribution in [0, 0.1) is 13.8 Å². The molecule has 0 aliphatic rings. The Morgan fingerprint density at radius 3 is 0.402 bits per heavy atom. The lowest BCUT2D eigenvalue weighted by molar-refractivity contribution is 1.06. The molecule has 15 aromatic rings. The fraction of sp³-hybridized carbons (Fsp3) is 0.267. The number of benzene rings is 14. The van der Waals surface area contributed by atoms with Crippen LogP contribution in [0.2, 0.25) is 0 Å². The summed E-state index contributed by atoms with van der Waals surface area (Å²) in [6.07, 6.45) is 0. The first-order chi connectivity index (χ1) is 60.3. The first-order valence-corrected chi connectivity index (χ1v) is 46.5. The third-order valence-electron chi connectivity index (χ3n) is 17.0. The van der Waals surface area contributed by atoms with E-state index in [2.05, 4.69) is 371 Å². The highest BCUT2D eigenvalue weighted by Crippen LogP contribution is 2.42. The summed E-state index contributed by atoms with van der Waals surface area (Å²) < 4.78 is 0. The third-order valence-corrected chi connectivity index (χ3v) is 17.0. The lowest BCUT2D eigenvalue weighted by Crippen LogP contribution is -1.96. The van der Waals surface area contributed by atoms with Gasteiger partial charge in [-0.25, -0.2) is 9.97 Å². The quantitative estimate of drug-likeness (QED) is 0.115. The van der Waals surface area contributed by atoms with Crippen molar-refractivity contribution in [3.05, 3.63) is 375 Å². The van der Waals surface area contributed by atoms with E-state index in [0.29, 0.717) is 0 Å². The average Bonchev–Trinajstić information content (AvgIpc) is 0.785. The van der Waals surface area contributed by atoms with Gasteiger partial charge in [-0.1, -0.05) is 480 Å². The number of hydrogen-bond donors (Lipinski definition) is 0. The molecule has 0 spiro atoms. The summed E-state index contributed by atoms with van der Waals surface area (Å²) in [4.78, 5) is 9.90. The van der Waals surface area contributed by atoms with E-state index in [9.17, 15) is 0 Å². The Morgan fingerprint density at radius 2 is 0.246 bits per heavy atom. The van der Waals surface area contributed by atoms with Crippen LogP contribution in [0.3, 0.4) is 0 Å². The Labute approximate surface area is 746 Å². The maximum atomic E-state index is 4.95. The predicted molar refractivity (Wildman–Crippen MR) is 559 cm³/mol. The van der Waals surface area contributed by atoms with Gasteiger partial charge in [0.25, 0.3) is 0 Å². The van der Waals surface area contributed by atoms with E-state index in [1.165, 1.54) is 106 Å². The van der Waals surface area contributed by atoms with Gasteiger partial charge in [0.05, 0.1) is 11.4 Å². The number of rotatable bonds is 13. The Morgan fingerprint density at radius 1 is 0.115 bits per heavy atom. The first-order valence-electron chi connectivity index (χ1n) is 46.5. The lowest BCUT2D eigenvalue weighted by Gasteiger charge is -2.16. The molecule has 0 atom stereocenters. The minimum Gasteiger partial charge on any atom is -0.233 e. The molecule has 2 nitrogen and oxygen atoms in total. The normalized spacial score (nSPS) is 8.98. The van der Waals surface area contributed by atoms with Gasteiger partial charge in [-0.15, -0.1) is 0 Å². The van der Waals surface area contributed by atoms with Gasteiger partial charge in [0.15, 0.2) is 0 Å². The van der Waals surface area contributed by atoms with Crippen molar-refractivity contribution in [1.82, 2.24) is 9.97 Å². The van der Waals surface area contributed by atoms with E-state index >= 15 is 0 Å². The maximum absolute atomic E-state index is 4.95. The van der Waals surface area contributed by atoms with E-state index in [4.69, 9.17) is 9.97 Å². The Kier molecular flexibility index (Phi) is 65.3. The van der Waals surface area contributed by atoms with Gasteiger partial charge in [-0.2, -0.15) is 0 Å². The zero-order chi connectivity index (χ0) is 92.0. The molecule has 122 heavy (non-hydrogen) atoms. The zero-order valence-electron chi connectivity index (χ0n) is 81.5. The minimum absolute atomic E-state index is 0.741. The van der Waals surface area contributed by atoms with Gasteiger partial charge in [-0.3, -0.25) is 0 Å². The molecular formula is C120H156N2. The fourth-order valence-electron chi connectivity index (χ4n) is 12.3. The molecule has 14 aromatic carbocycles. The smallest absolute Gasteiger partial charge is 0.126 e. The van der Waals surface area contributed by atoms with E-state index < -0.39 is 0 Å². The molecule has 0 radical (unpaired) electrons. The molecule has 0 saturated carbocycles. The van der Waals surface area contributed by atoms with Crippen LogP contribution in [0.1, 0.15) is 219 Å². The molecule has 1 aromatic heterocycles. The van der Waals surface area contributed by atoms with Gasteiger partial charge in [0, 0.05) is 11.1 Å². The molecule has 0 aliphatic carbocycles. The van der Waals surface area contributed by atoms with Crippen LogP contribution < -0.4 is 0 Å². The van der Waals surface area contributed by atoms with Crippen molar-refractivity contribution in [1.29, 1.82) is 0 Å². The molecule has 0 saturated heterocycles. The van der Waals surface area contributed by atoms with Crippen LogP contribution in [-0.2, 0) is 0 Å². The van der Waals surface area contributed by atoms with E-state index in [1.54, 1.807) is 0 Å². The van der Waals surface area contributed by atoms with Crippen LogP contribution in [0.5, 0.6) is 0 Å². The highest BCUT2D eigenvalue weighted by atomic mass is 14.9. The molecule has 0 fully saturated rings. The highest BCUT2D eigenvalue weighted by molar-refractivity contribution is 5.90. The number of hydrogen-bond acceptors (Lipinski definition) is 2. The fourth-order valence-corrected chi connectivity index (χ4v) is 12.3. The summed E-state index contributed by atoms with van der Waals surface area (Å²) in [6.45, 7) is 64.1. The van der Waals surface area contributed by atoms with Crippen LogP contribution in [0.4, 0.5) is 0 Å². The zero-order valence-corrected chi connectivity index (χ0v) is 81.5. The predicted octanol–water partition coefficient (Wildman–Crippen LogP) is 39.8. The third kappa shape index (κ3) is 35.8. The summed E-state index contributed by atoms with van der Waals surface area (Å²) >= 11 is 0. The highest BCUT2D eigenvalue weighted by Gasteiger charge is 2.17. The van der Waals surface area contributed by atoms with Crippen molar-refractivity contribution in [2.75, 3.05) is 0 Å². The van der Waals surface area contributed by atoms with Crippen LogP contribution in [-0.4, -0.2) is 9.97 Å². The Balaban J connectivity index is 0. The maximum Gasteiger partial charge on any atom is 0.126 e. The summed E-state index contributed by atoms with van der Waals surface area (Å²) in [5.74, 6) is 0.741. The molecule has 0 amide bonds. The van der Waals surface area contributed by atoms with Crippen molar-refractivity contribution < 1.29 is 0 Å². The summed E-state index contributed by atoms with van der Waals surface area (Å²) in [5.41, 5.74) is 31.4. The van der Waals surface area contributed by atoms with E-state index in [-0.39, 0.29) is 0 Å². The van der Waals surface area contributed by atoms with Crippen molar-refractivity contribution in [2.24, 2.45) is 0 Å². The lowest BCUT2D eigenvalue weighted by atomic mass is 9.88. The van der Waals surface area contributed by atoms with Gasteiger partial charge < -0.3 is 0 Å². The molecule has 0 bridgehead atoms. The molecule has 0 N–H and O–H groups in total. The van der Waals surface area contributed by atoms with Crippen LogP contribution >= 0.6 is 0 Å². The SMILES string of the molecule is CC.CC.CC.CC.CC.CC.CC.CC.CC.CC.CC.CC.CC.CC.CC.Cc1cccc(-c2cc(-c3cc(-c4ccccc4)cc(-c4ccccc4)c3)cc(-c3cc(-c4ccccc4)cc(-c4ccccc4)c3)c2)c1.Cc1nc(-c2cc(-c3ccccc3)cc(-c3ccccc3)c2)cc(-c2cc(-c3ccccc3)cc(-c3ccccc3)c2)n1. The molecule has 15 rings (SSSR count). The van der Waals surface area contributed by atoms with Gasteiger partial charge in [-0.05, 0) is 233 Å². The topological polar surface area (TPSA) is 25.8 Å². The summed E-state index contributed by atoms with van der Waals surface area (Å²) in [5, 5.41) is 0. The van der Waals surface area contributed by atoms with Crippen molar-refractivity contribution in [3.8, 4) is 145 Å². The van der Waals surface area contributed by atoms with Crippen molar-refractivity contribution in [3.63, 3.8) is 0 Å². The average molecular weight is 1630 g/mol. The number of aromatic nitrogens is 2. The molecule has 646 valence electrons. The van der Waals surface area contributed by atoms with Crippen LogP contribution in [0.25, 0.3) is 145 Å². The van der Waals surface area contributed by atoms with E-state index in [0.717, 1.165) is 50.6 Å². The number of aryl methyl sites for hydroxylation is 2. The number of nitrogens with zero attached hydrogens (tertiary/aromatic N) is 2. The second-order valence-electron chi connectivity index (χ2n) is 23.5. The van der Waals surface area contributed by atoms with Gasteiger partial charge in [0.1, 0.15) is 5.82 Å². The Hall–Kier alpha value is -11.8. The summed E-state index contributed by atoms with van der Waals surface area (Å²) in [7, 11) is 0. The molecule has 2 heteroatoms. The monoisotopic (exact) mass is 1630 g/mol. The molecule has 0 aliphatic heterocycles. The van der Waals surface area contributed by atoms with Crippen molar-refractivity contribution >= 4 is 0 Å². The van der Waals surface area contributed by atoms with E-state index in [1.807, 2.05) is 215 Å². The Bertz CT molecular complexity index is 4470. The molecule has 1 heterocycles. The standard InChI is InChI=1S/C49H36.C41H30N2.15C2H6/c1-35-15-14-24-40(25-35)45-32-48(46-28-41(36-16-6-2-7-17-36)26-42(29-46)37-18-8-3-9-19-37)34-49(33-45)47-30-43(38-20-10-4-11-21-38)27-44(31-47)39-22-12-5-13-23-39;1-29-42-40(38-24-34(30-14-6-2-7-15-30)22-35(25-38)31-16-8-3-9-17-31)28-41(43-29)39-26-36(32-18-10-4-11-19-32)23-37(27-39)33-20-12-5-13-21-33;15*1-2/h2-34H,1H3;2-28H,1H3;15*1-2H3. The van der Waals surface area contributed by atoms with Gasteiger partial charge >= 0.3 is 0 Å². The second kappa shape index (κ2) is 70.9. The largest absolute Gasteiger partial charge is 0.233 e. The molecule has 0 unspecified atom stereocenters. The van der Waals surface area contributed by atoms with Crippen LogP contribution in [0.15, 0.2) is 364 Å². The minimum atomic E-state index is 0.741. The second-order valence-corrected chi connectivity index (χ2v) is 23.5.